The molecule has 0 amide bonds. The highest BCUT2D eigenvalue weighted by Crippen LogP contribution is 2.33. The highest BCUT2D eigenvalue weighted by molar-refractivity contribution is 7.17. The lowest BCUT2D eigenvalue weighted by Gasteiger charge is -2.08. The van der Waals surface area contributed by atoms with E-state index in [1.165, 1.54) is 35.0 Å². The first-order valence-corrected chi connectivity index (χ1v) is 6.02. The monoisotopic (exact) mass is 239 g/mol. The molecule has 1 aromatic heterocycles. The van der Waals surface area contributed by atoms with Crippen LogP contribution in [0.5, 0.6) is 0 Å². The summed E-state index contributed by atoms with van der Waals surface area (Å²) >= 11 is 1.86. The molecule has 0 radical (unpaired) electrons. The number of benzene rings is 1. The Morgan fingerprint density at radius 2 is 2.13 bits per heavy atom. The van der Waals surface area contributed by atoms with Crippen LogP contribution in [-0.2, 0) is 0 Å². The van der Waals surface area contributed by atoms with Gasteiger partial charge in [-0.25, -0.2) is 0 Å². The van der Waals surface area contributed by atoms with E-state index in [-0.39, 0.29) is 12.4 Å². The maximum absolute atomic E-state index is 3.56. The van der Waals surface area contributed by atoms with Crippen LogP contribution in [0.4, 0.5) is 0 Å². The van der Waals surface area contributed by atoms with Crippen molar-refractivity contribution in [2.24, 2.45) is 0 Å². The first kappa shape index (κ1) is 10.9. The van der Waals surface area contributed by atoms with Gasteiger partial charge in [-0.3, -0.25) is 0 Å². The van der Waals surface area contributed by atoms with Crippen LogP contribution in [-0.4, -0.2) is 6.54 Å². The number of nitrogens with one attached hydrogen (secondary N) is 1. The Bertz CT molecular complexity index is 446. The van der Waals surface area contributed by atoms with Gasteiger partial charge in [0.15, 0.2) is 0 Å². The van der Waals surface area contributed by atoms with Gasteiger partial charge in [0.25, 0.3) is 0 Å². The average molecular weight is 240 g/mol. The van der Waals surface area contributed by atoms with Crippen molar-refractivity contribution in [2.75, 3.05) is 6.54 Å². The van der Waals surface area contributed by atoms with Gasteiger partial charge in [-0.2, -0.15) is 0 Å². The van der Waals surface area contributed by atoms with E-state index >= 15 is 0 Å². The SMILES string of the molecule is Cl.c1ccc2c([C@@H]3CCCN3)csc2c1. The second-order valence-electron chi connectivity index (χ2n) is 3.84. The van der Waals surface area contributed by atoms with Crippen LogP contribution in [0.25, 0.3) is 10.1 Å². The van der Waals surface area contributed by atoms with Crippen LogP contribution in [0.2, 0.25) is 0 Å². The van der Waals surface area contributed by atoms with Gasteiger partial charge >= 0.3 is 0 Å². The molecule has 1 atom stereocenters. The molecule has 80 valence electrons. The molecule has 1 saturated heterocycles. The third-order valence-corrected chi connectivity index (χ3v) is 3.93. The zero-order valence-corrected chi connectivity index (χ0v) is 10.0. The van der Waals surface area contributed by atoms with Crippen molar-refractivity contribution in [2.45, 2.75) is 18.9 Å². The minimum Gasteiger partial charge on any atom is -0.310 e. The molecular weight excluding hydrogens is 226 g/mol. The van der Waals surface area contributed by atoms with Gasteiger partial charge in [0, 0.05) is 10.7 Å². The summed E-state index contributed by atoms with van der Waals surface area (Å²) in [5.41, 5.74) is 1.50. The van der Waals surface area contributed by atoms with Gasteiger partial charge in [-0.05, 0) is 41.8 Å². The van der Waals surface area contributed by atoms with E-state index in [1.807, 2.05) is 11.3 Å². The predicted octanol–water partition coefficient (Wildman–Crippen LogP) is 3.75. The normalized spacial score (nSPS) is 20.4. The molecule has 0 spiro atoms. The largest absolute Gasteiger partial charge is 0.310 e. The quantitative estimate of drug-likeness (QED) is 0.799. The van der Waals surface area contributed by atoms with Crippen molar-refractivity contribution in [3.63, 3.8) is 0 Å². The molecule has 1 nitrogen and oxygen atoms in total. The van der Waals surface area contributed by atoms with Crippen LogP contribution in [0.1, 0.15) is 24.4 Å². The molecule has 1 fully saturated rings. The first-order valence-electron chi connectivity index (χ1n) is 5.15. The molecule has 0 saturated carbocycles. The fourth-order valence-corrected chi connectivity index (χ4v) is 3.23. The lowest BCUT2D eigenvalue weighted by Crippen LogP contribution is -2.12. The third kappa shape index (κ3) is 1.89. The lowest BCUT2D eigenvalue weighted by molar-refractivity contribution is 0.654. The fraction of sp³-hybridized carbons (Fsp3) is 0.333. The van der Waals surface area contributed by atoms with Gasteiger partial charge < -0.3 is 5.32 Å². The number of thiophene rings is 1. The fourth-order valence-electron chi connectivity index (χ4n) is 2.22. The predicted molar refractivity (Wildman–Crippen MR) is 69.1 cm³/mol. The summed E-state index contributed by atoms with van der Waals surface area (Å²) in [7, 11) is 0. The molecule has 0 bridgehead atoms. The maximum Gasteiger partial charge on any atom is 0.0346 e. The second kappa shape index (κ2) is 4.52. The number of hydrogen-bond donors (Lipinski definition) is 1. The van der Waals surface area contributed by atoms with Crippen LogP contribution >= 0.6 is 23.7 Å². The summed E-state index contributed by atoms with van der Waals surface area (Å²) in [4.78, 5) is 0. The zero-order chi connectivity index (χ0) is 9.38. The Morgan fingerprint density at radius 1 is 1.27 bits per heavy atom. The first-order chi connectivity index (χ1) is 6.95. The van der Waals surface area contributed by atoms with Crippen LogP contribution in [0.3, 0.4) is 0 Å². The van der Waals surface area contributed by atoms with Crippen molar-refractivity contribution in [3.05, 3.63) is 35.2 Å². The van der Waals surface area contributed by atoms with Gasteiger partial charge in [-0.1, -0.05) is 18.2 Å². The van der Waals surface area contributed by atoms with E-state index in [1.54, 1.807) is 0 Å². The summed E-state index contributed by atoms with van der Waals surface area (Å²) in [6, 6.07) is 9.30. The highest BCUT2D eigenvalue weighted by Gasteiger charge is 2.18. The van der Waals surface area contributed by atoms with E-state index < -0.39 is 0 Å². The highest BCUT2D eigenvalue weighted by atomic mass is 35.5. The average Bonchev–Trinajstić information content (AvgIpc) is 2.85. The molecule has 1 aliphatic rings. The topological polar surface area (TPSA) is 12.0 Å². The van der Waals surface area contributed by atoms with Gasteiger partial charge in [0.1, 0.15) is 0 Å². The molecule has 2 heterocycles. The Kier molecular flexibility index (Phi) is 3.29. The zero-order valence-electron chi connectivity index (χ0n) is 8.40. The van der Waals surface area contributed by atoms with Crippen molar-refractivity contribution in [1.29, 1.82) is 0 Å². The molecule has 0 unspecified atom stereocenters. The Hall–Kier alpha value is -0.570. The molecular formula is C12H14ClNS. The van der Waals surface area contributed by atoms with Crippen molar-refractivity contribution >= 4 is 33.8 Å². The maximum atomic E-state index is 3.56. The number of fused-ring (bicyclic) bond motifs is 1. The van der Waals surface area contributed by atoms with E-state index in [0.29, 0.717) is 6.04 Å². The Morgan fingerprint density at radius 3 is 2.93 bits per heavy atom. The molecule has 1 N–H and O–H groups in total. The summed E-state index contributed by atoms with van der Waals surface area (Å²) in [5, 5.41) is 7.31. The molecule has 2 aromatic rings. The van der Waals surface area contributed by atoms with Gasteiger partial charge in [0.2, 0.25) is 0 Å². The van der Waals surface area contributed by atoms with E-state index in [2.05, 4.69) is 35.0 Å². The van der Waals surface area contributed by atoms with E-state index in [4.69, 9.17) is 0 Å². The molecule has 1 aliphatic heterocycles. The Balaban J connectivity index is 0.000000853. The standard InChI is InChI=1S/C12H13NS.ClH/c1-2-6-12-9(4-1)10(8-14-12)11-5-3-7-13-11;/h1-2,4,6,8,11,13H,3,5,7H2;1H/t11-;/m0./s1. The second-order valence-corrected chi connectivity index (χ2v) is 4.75. The molecule has 3 heteroatoms. The molecule has 3 rings (SSSR count). The summed E-state index contributed by atoms with van der Waals surface area (Å²) in [6.07, 6.45) is 2.61. The van der Waals surface area contributed by atoms with Crippen LogP contribution in [0.15, 0.2) is 29.6 Å². The van der Waals surface area contributed by atoms with Gasteiger partial charge in [0.05, 0.1) is 0 Å². The van der Waals surface area contributed by atoms with Crippen LogP contribution in [0, 0.1) is 0 Å². The molecule has 15 heavy (non-hydrogen) atoms. The van der Waals surface area contributed by atoms with Crippen molar-refractivity contribution in [1.82, 2.24) is 5.32 Å². The summed E-state index contributed by atoms with van der Waals surface area (Å²) < 4.78 is 1.41. The number of halogens is 1. The summed E-state index contributed by atoms with van der Waals surface area (Å²) in [6.45, 7) is 1.18. The van der Waals surface area contributed by atoms with E-state index in [0.717, 1.165) is 0 Å². The van der Waals surface area contributed by atoms with Crippen molar-refractivity contribution in [3.8, 4) is 0 Å². The minimum atomic E-state index is 0. The van der Waals surface area contributed by atoms with Crippen molar-refractivity contribution < 1.29 is 0 Å². The molecule has 0 aliphatic carbocycles. The minimum absolute atomic E-state index is 0. The number of hydrogen-bond acceptors (Lipinski definition) is 2. The smallest absolute Gasteiger partial charge is 0.0346 e. The number of rotatable bonds is 1. The van der Waals surface area contributed by atoms with E-state index in [9.17, 15) is 0 Å². The third-order valence-electron chi connectivity index (χ3n) is 2.95. The Labute approximate surface area is 99.9 Å². The lowest BCUT2D eigenvalue weighted by atomic mass is 10.0. The van der Waals surface area contributed by atoms with Gasteiger partial charge in [-0.15, -0.1) is 23.7 Å². The van der Waals surface area contributed by atoms with Crippen LogP contribution < -0.4 is 5.32 Å². The molecule has 1 aromatic carbocycles. The summed E-state index contributed by atoms with van der Waals surface area (Å²) in [5.74, 6) is 0.